The second-order valence-electron chi connectivity index (χ2n) is 4.22. The number of carboxylic acid groups (broad SMARTS) is 1. The number of alkyl halides is 1. The second-order valence-corrected chi connectivity index (χ2v) is 4.60. The van der Waals surface area contributed by atoms with Crippen LogP contribution in [0.2, 0.25) is 0 Å². The van der Waals surface area contributed by atoms with Gasteiger partial charge in [0.05, 0.1) is 12.5 Å². The maximum Gasteiger partial charge on any atom is 0.306 e. The van der Waals surface area contributed by atoms with Crippen molar-refractivity contribution in [2.24, 2.45) is 0 Å². The molecule has 0 saturated heterocycles. The van der Waals surface area contributed by atoms with Crippen molar-refractivity contribution in [2.75, 3.05) is 11.2 Å². The number of carbonyl (C=O) groups is 2. The third kappa shape index (κ3) is 5.16. The summed E-state index contributed by atoms with van der Waals surface area (Å²) in [6, 6.07) is 6.12. The highest BCUT2D eigenvalue weighted by Crippen LogP contribution is 2.21. The van der Waals surface area contributed by atoms with E-state index in [9.17, 15) is 19.8 Å². The Hall–Kier alpha value is -1.63. The fraction of sp³-hybridized carbons (Fsp3) is 0.385. The molecule has 0 aliphatic heterocycles. The number of carbonyl (C=O) groups excluding carboxylic acids is 1. The van der Waals surface area contributed by atoms with Gasteiger partial charge in [0.1, 0.15) is 6.10 Å². The molecule has 110 valence electrons. The number of anilines is 1. The van der Waals surface area contributed by atoms with Gasteiger partial charge >= 0.3 is 5.97 Å². The summed E-state index contributed by atoms with van der Waals surface area (Å²) in [5.74, 6) is -1.19. The third-order valence-corrected chi connectivity index (χ3v) is 2.79. The molecule has 1 aromatic carbocycles. The molecule has 0 aromatic heterocycles. The summed E-state index contributed by atoms with van der Waals surface area (Å²) in [4.78, 5) is 21.8. The van der Waals surface area contributed by atoms with Crippen molar-refractivity contribution in [2.45, 2.75) is 25.0 Å². The number of aliphatic hydroxyl groups excluding tert-OH is 2. The minimum absolute atomic E-state index is 0.198. The molecule has 4 N–H and O–H groups in total. The first-order valence-corrected chi connectivity index (χ1v) is 6.51. The van der Waals surface area contributed by atoms with Gasteiger partial charge in [-0.25, -0.2) is 0 Å². The van der Waals surface area contributed by atoms with Gasteiger partial charge in [0.2, 0.25) is 5.91 Å². The maximum atomic E-state index is 11.3. The Morgan fingerprint density at radius 1 is 1.20 bits per heavy atom. The Morgan fingerprint density at radius 2 is 1.80 bits per heavy atom. The number of hydrogen-bond donors (Lipinski definition) is 4. The van der Waals surface area contributed by atoms with Crippen LogP contribution >= 0.6 is 11.6 Å². The van der Waals surface area contributed by atoms with Gasteiger partial charge in [-0.15, -0.1) is 11.6 Å². The van der Waals surface area contributed by atoms with Gasteiger partial charge in [-0.2, -0.15) is 0 Å². The topological polar surface area (TPSA) is 107 Å². The molecule has 0 bridgehead atoms. The molecule has 0 fully saturated rings. The average molecular weight is 302 g/mol. The molecule has 0 spiro atoms. The number of nitrogens with one attached hydrogen (secondary N) is 1. The quantitative estimate of drug-likeness (QED) is 0.565. The van der Waals surface area contributed by atoms with Gasteiger partial charge in [0, 0.05) is 18.0 Å². The van der Waals surface area contributed by atoms with Crippen molar-refractivity contribution < 1.29 is 24.9 Å². The molecule has 7 heteroatoms. The SMILES string of the molecule is O=C(O)CC(O)C(O)c1ccc(NC(=O)CCCl)cc1. The van der Waals surface area contributed by atoms with Gasteiger partial charge in [-0.1, -0.05) is 12.1 Å². The summed E-state index contributed by atoms with van der Waals surface area (Å²) in [7, 11) is 0. The molecular formula is C13H16ClNO5. The zero-order valence-electron chi connectivity index (χ0n) is 10.6. The van der Waals surface area contributed by atoms with Crippen molar-refractivity contribution in [1.29, 1.82) is 0 Å². The van der Waals surface area contributed by atoms with Crippen molar-refractivity contribution in [1.82, 2.24) is 0 Å². The van der Waals surface area contributed by atoms with Crippen molar-refractivity contribution in [3.8, 4) is 0 Å². The van der Waals surface area contributed by atoms with E-state index in [2.05, 4.69) is 5.32 Å². The summed E-state index contributed by atoms with van der Waals surface area (Å²) in [5, 5.41) is 30.4. The third-order valence-electron chi connectivity index (χ3n) is 2.61. The Kier molecular flexibility index (Phi) is 6.44. The lowest BCUT2D eigenvalue weighted by atomic mass is 10.0. The number of benzene rings is 1. The Balaban J connectivity index is 2.65. The number of carboxylic acids is 1. The van der Waals surface area contributed by atoms with Crippen LogP contribution in [-0.2, 0) is 9.59 Å². The van der Waals surface area contributed by atoms with Crippen LogP contribution in [0.4, 0.5) is 5.69 Å². The Morgan fingerprint density at radius 3 is 2.30 bits per heavy atom. The number of hydrogen-bond acceptors (Lipinski definition) is 4. The molecule has 0 radical (unpaired) electrons. The fourth-order valence-electron chi connectivity index (χ4n) is 1.59. The predicted molar refractivity (Wildman–Crippen MR) is 73.6 cm³/mol. The molecule has 2 atom stereocenters. The van der Waals surface area contributed by atoms with E-state index in [-0.39, 0.29) is 18.2 Å². The van der Waals surface area contributed by atoms with E-state index in [0.717, 1.165) is 0 Å². The first-order valence-electron chi connectivity index (χ1n) is 5.97. The summed E-state index contributed by atoms with van der Waals surface area (Å²) >= 11 is 5.44. The second kappa shape index (κ2) is 7.84. The average Bonchev–Trinajstić information content (AvgIpc) is 2.38. The van der Waals surface area contributed by atoms with E-state index < -0.39 is 24.6 Å². The molecule has 0 saturated carbocycles. The summed E-state index contributed by atoms with van der Waals surface area (Å²) in [5.41, 5.74) is 0.901. The maximum absolute atomic E-state index is 11.3. The van der Waals surface area contributed by atoms with Crippen LogP contribution in [0.3, 0.4) is 0 Å². The van der Waals surface area contributed by atoms with Crippen LogP contribution in [0, 0.1) is 0 Å². The lowest BCUT2D eigenvalue weighted by molar-refractivity contribution is -0.141. The summed E-state index contributed by atoms with van der Waals surface area (Å²) in [6.45, 7) is 0. The number of aliphatic carboxylic acids is 1. The zero-order valence-corrected chi connectivity index (χ0v) is 11.4. The number of amides is 1. The van der Waals surface area contributed by atoms with E-state index in [1.807, 2.05) is 0 Å². The predicted octanol–water partition coefficient (Wildman–Crippen LogP) is 1.12. The van der Waals surface area contributed by atoms with Crippen LogP contribution in [0.1, 0.15) is 24.5 Å². The van der Waals surface area contributed by atoms with Crippen LogP contribution < -0.4 is 5.32 Å². The summed E-state index contributed by atoms with van der Waals surface area (Å²) in [6.07, 6.45) is -3.03. The highest BCUT2D eigenvalue weighted by atomic mass is 35.5. The van der Waals surface area contributed by atoms with E-state index in [4.69, 9.17) is 16.7 Å². The number of halogens is 1. The lowest BCUT2D eigenvalue weighted by Gasteiger charge is -2.16. The molecule has 0 heterocycles. The Labute approximate surface area is 121 Å². The summed E-state index contributed by atoms with van der Waals surface area (Å²) < 4.78 is 0. The lowest BCUT2D eigenvalue weighted by Crippen LogP contribution is -2.21. The standard InChI is InChI=1S/C13H16ClNO5/c14-6-5-11(17)15-9-3-1-8(2-4-9)13(20)10(16)7-12(18)19/h1-4,10,13,16,20H,5-7H2,(H,15,17)(H,18,19). The molecule has 1 aromatic rings. The van der Waals surface area contributed by atoms with Gasteiger partial charge in [0.25, 0.3) is 0 Å². The minimum atomic E-state index is -1.39. The largest absolute Gasteiger partial charge is 0.481 e. The monoisotopic (exact) mass is 301 g/mol. The van der Waals surface area contributed by atoms with E-state index in [1.54, 1.807) is 12.1 Å². The van der Waals surface area contributed by atoms with Crippen molar-refractivity contribution >= 4 is 29.2 Å². The van der Waals surface area contributed by atoms with Crippen LogP contribution in [0.5, 0.6) is 0 Å². The first kappa shape index (κ1) is 16.4. The van der Waals surface area contributed by atoms with Gasteiger partial charge < -0.3 is 20.6 Å². The molecule has 1 amide bonds. The minimum Gasteiger partial charge on any atom is -0.481 e. The molecule has 1 rings (SSSR count). The molecule has 0 aliphatic carbocycles. The van der Waals surface area contributed by atoms with Crippen molar-refractivity contribution in [3.63, 3.8) is 0 Å². The van der Waals surface area contributed by atoms with Gasteiger partial charge in [-0.3, -0.25) is 9.59 Å². The van der Waals surface area contributed by atoms with Crippen LogP contribution in [0.25, 0.3) is 0 Å². The van der Waals surface area contributed by atoms with E-state index in [1.165, 1.54) is 12.1 Å². The first-order chi connectivity index (χ1) is 9.43. The number of rotatable bonds is 7. The van der Waals surface area contributed by atoms with Crippen LogP contribution in [-0.4, -0.2) is 39.2 Å². The molecule has 6 nitrogen and oxygen atoms in total. The van der Waals surface area contributed by atoms with Crippen LogP contribution in [0.15, 0.2) is 24.3 Å². The fourth-order valence-corrected chi connectivity index (χ4v) is 1.76. The molecular weight excluding hydrogens is 286 g/mol. The molecule has 20 heavy (non-hydrogen) atoms. The van der Waals surface area contributed by atoms with E-state index >= 15 is 0 Å². The highest BCUT2D eigenvalue weighted by molar-refractivity contribution is 6.19. The zero-order chi connectivity index (χ0) is 15.1. The van der Waals surface area contributed by atoms with Crippen molar-refractivity contribution in [3.05, 3.63) is 29.8 Å². The number of aliphatic hydroxyl groups is 2. The Bertz CT molecular complexity index is 462. The highest BCUT2D eigenvalue weighted by Gasteiger charge is 2.21. The smallest absolute Gasteiger partial charge is 0.306 e. The van der Waals surface area contributed by atoms with Gasteiger partial charge in [-0.05, 0) is 17.7 Å². The normalized spacial score (nSPS) is 13.6. The van der Waals surface area contributed by atoms with E-state index in [0.29, 0.717) is 11.3 Å². The molecule has 2 unspecified atom stereocenters. The molecule has 0 aliphatic rings. The van der Waals surface area contributed by atoms with Gasteiger partial charge in [0.15, 0.2) is 0 Å².